The van der Waals surface area contributed by atoms with Crippen LogP contribution in [0.15, 0.2) is 53.4 Å². The zero-order chi connectivity index (χ0) is 15.2. The van der Waals surface area contributed by atoms with Crippen molar-refractivity contribution in [1.29, 1.82) is 0 Å². The number of halogens is 2. The van der Waals surface area contributed by atoms with Gasteiger partial charge in [0.1, 0.15) is 12.4 Å². The molecule has 0 atom stereocenters. The fourth-order valence-electron chi connectivity index (χ4n) is 1.72. The van der Waals surface area contributed by atoms with Crippen molar-refractivity contribution in [2.45, 2.75) is 17.3 Å². The number of benzene rings is 2. The molecule has 0 spiro atoms. The molecule has 0 fully saturated rings. The van der Waals surface area contributed by atoms with Crippen LogP contribution in [0, 0.1) is 0 Å². The number of para-hydroxylation sites is 1. The van der Waals surface area contributed by atoms with Crippen LogP contribution in [-0.2, 0) is 6.61 Å². The zero-order valence-electron chi connectivity index (χ0n) is 11.0. The van der Waals surface area contributed by atoms with Crippen molar-refractivity contribution in [3.8, 4) is 5.75 Å². The van der Waals surface area contributed by atoms with Gasteiger partial charge in [0.15, 0.2) is 0 Å². The van der Waals surface area contributed by atoms with Gasteiger partial charge in [0.2, 0.25) is 0 Å². The third kappa shape index (κ3) is 4.46. The molecule has 0 unspecified atom stereocenters. The Morgan fingerprint density at radius 1 is 1.14 bits per heavy atom. The van der Waals surface area contributed by atoms with Gasteiger partial charge in [0.25, 0.3) is 11.7 Å². The third-order valence-electron chi connectivity index (χ3n) is 2.70. The molecule has 0 radical (unpaired) electrons. The maximum atomic E-state index is 12.2. The monoisotopic (exact) mass is 309 g/mol. The average molecular weight is 309 g/mol. The first-order valence-corrected chi connectivity index (χ1v) is 6.99. The molecular formula is C15H13F2NO2S. The van der Waals surface area contributed by atoms with Gasteiger partial charge in [-0.1, -0.05) is 36.0 Å². The molecule has 2 aromatic carbocycles. The van der Waals surface area contributed by atoms with Crippen LogP contribution in [0.25, 0.3) is 0 Å². The van der Waals surface area contributed by atoms with Gasteiger partial charge in [-0.15, -0.1) is 0 Å². The molecule has 1 amide bonds. The van der Waals surface area contributed by atoms with Crippen LogP contribution in [-0.4, -0.2) is 11.7 Å². The Bertz CT molecular complexity index is 617. The molecule has 110 valence electrons. The summed E-state index contributed by atoms with van der Waals surface area (Å²) in [6.07, 6.45) is 0. The highest BCUT2D eigenvalue weighted by Crippen LogP contribution is 2.25. The number of carbonyl (C=O) groups excluding carboxylic acids is 1. The van der Waals surface area contributed by atoms with E-state index in [1.54, 1.807) is 48.5 Å². The number of hydrogen-bond acceptors (Lipinski definition) is 3. The number of thioether (sulfide) groups is 1. The molecule has 0 aliphatic carbocycles. The van der Waals surface area contributed by atoms with Crippen LogP contribution >= 0.6 is 11.8 Å². The van der Waals surface area contributed by atoms with Gasteiger partial charge in [-0.2, -0.15) is 8.78 Å². The van der Waals surface area contributed by atoms with Crippen LogP contribution in [0.4, 0.5) is 8.78 Å². The van der Waals surface area contributed by atoms with E-state index in [1.807, 2.05) is 0 Å². The Morgan fingerprint density at radius 3 is 2.43 bits per heavy atom. The van der Waals surface area contributed by atoms with Crippen molar-refractivity contribution in [3.05, 3.63) is 59.7 Å². The third-order valence-corrected chi connectivity index (χ3v) is 3.42. The van der Waals surface area contributed by atoms with Crippen molar-refractivity contribution in [3.63, 3.8) is 0 Å². The predicted molar refractivity (Wildman–Crippen MR) is 77.6 cm³/mol. The molecule has 2 aromatic rings. The molecule has 0 bridgehead atoms. The second kappa shape index (κ2) is 7.08. The SMILES string of the molecule is NC(=O)c1ccccc1OCc1ccc(SC(F)F)cc1. The van der Waals surface area contributed by atoms with Crippen molar-refractivity contribution in [1.82, 2.24) is 0 Å². The van der Waals surface area contributed by atoms with Crippen LogP contribution in [0.1, 0.15) is 15.9 Å². The van der Waals surface area contributed by atoms with Gasteiger partial charge in [-0.3, -0.25) is 4.79 Å². The number of carbonyl (C=O) groups is 1. The summed E-state index contributed by atoms with van der Waals surface area (Å²) in [4.78, 5) is 11.7. The lowest BCUT2D eigenvalue weighted by atomic mass is 10.2. The number of amides is 1. The minimum Gasteiger partial charge on any atom is -0.488 e. The molecule has 6 heteroatoms. The summed E-state index contributed by atoms with van der Waals surface area (Å²) in [5.74, 6) is -2.60. The van der Waals surface area contributed by atoms with E-state index in [2.05, 4.69) is 0 Å². The van der Waals surface area contributed by atoms with Gasteiger partial charge in [0.05, 0.1) is 5.56 Å². The number of nitrogens with two attached hydrogens (primary N) is 1. The summed E-state index contributed by atoms with van der Waals surface area (Å²) in [7, 11) is 0. The molecule has 0 saturated heterocycles. The molecule has 0 aromatic heterocycles. The summed E-state index contributed by atoms with van der Waals surface area (Å²) in [5, 5.41) is 0. The Labute approximate surface area is 125 Å². The van der Waals surface area contributed by atoms with E-state index in [-0.39, 0.29) is 6.61 Å². The maximum absolute atomic E-state index is 12.2. The summed E-state index contributed by atoms with van der Waals surface area (Å²) in [5.41, 5.74) is 6.38. The smallest absolute Gasteiger partial charge is 0.288 e. The summed E-state index contributed by atoms with van der Waals surface area (Å²) in [6.45, 7) is 0.226. The first-order chi connectivity index (χ1) is 10.1. The Kier molecular flexibility index (Phi) is 5.16. The van der Waals surface area contributed by atoms with Crippen LogP contribution in [0.5, 0.6) is 5.75 Å². The lowest BCUT2D eigenvalue weighted by Gasteiger charge is -2.09. The van der Waals surface area contributed by atoms with Crippen LogP contribution in [0.2, 0.25) is 0 Å². The summed E-state index contributed by atoms with van der Waals surface area (Å²) < 4.78 is 30.0. The molecule has 21 heavy (non-hydrogen) atoms. The van der Waals surface area contributed by atoms with Crippen molar-refractivity contribution in [2.24, 2.45) is 5.73 Å². The van der Waals surface area contributed by atoms with Crippen molar-refractivity contribution < 1.29 is 18.3 Å². The van der Waals surface area contributed by atoms with E-state index in [0.29, 0.717) is 28.0 Å². The van der Waals surface area contributed by atoms with Gasteiger partial charge in [-0.25, -0.2) is 0 Å². The first-order valence-electron chi connectivity index (χ1n) is 6.11. The highest BCUT2D eigenvalue weighted by atomic mass is 32.2. The molecule has 0 aliphatic rings. The average Bonchev–Trinajstić information content (AvgIpc) is 2.46. The second-order valence-electron chi connectivity index (χ2n) is 4.17. The predicted octanol–water partition coefficient (Wildman–Crippen LogP) is 3.68. The minimum absolute atomic E-state index is 0.226. The van der Waals surface area contributed by atoms with E-state index in [1.165, 1.54) is 0 Å². The van der Waals surface area contributed by atoms with Gasteiger partial charge < -0.3 is 10.5 Å². The standard InChI is InChI=1S/C15H13F2NO2S/c16-15(17)21-11-7-5-10(6-8-11)9-20-13-4-2-1-3-12(13)14(18)19/h1-8,15H,9H2,(H2,18,19). The quantitative estimate of drug-likeness (QED) is 0.828. The molecule has 2 rings (SSSR count). The van der Waals surface area contributed by atoms with Crippen LogP contribution < -0.4 is 10.5 Å². The Balaban J connectivity index is 2.02. The molecule has 0 aliphatic heterocycles. The number of primary amides is 1. The normalized spacial score (nSPS) is 10.6. The van der Waals surface area contributed by atoms with Gasteiger partial charge >= 0.3 is 0 Å². The fourth-order valence-corrected chi connectivity index (χ4v) is 2.22. The highest BCUT2D eigenvalue weighted by Gasteiger charge is 2.09. The number of alkyl halides is 2. The summed E-state index contributed by atoms with van der Waals surface area (Å²) in [6, 6.07) is 13.3. The van der Waals surface area contributed by atoms with E-state index in [9.17, 15) is 13.6 Å². The second-order valence-corrected chi connectivity index (χ2v) is 5.23. The van der Waals surface area contributed by atoms with Gasteiger partial charge in [-0.05, 0) is 29.8 Å². The van der Waals surface area contributed by atoms with Crippen molar-refractivity contribution >= 4 is 17.7 Å². The van der Waals surface area contributed by atoms with Gasteiger partial charge in [0, 0.05) is 4.90 Å². The molecule has 2 N–H and O–H groups in total. The van der Waals surface area contributed by atoms with Crippen molar-refractivity contribution in [2.75, 3.05) is 0 Å². The van der Waals surface area contributed by atoms with E-state index in [0.717, 1.165) is 5.56 Å². The Morgan fingerprint density at radius 2 is 1.81 bits per heavy atom. The molecular weight excluding hydrogens is 296 g/mol. The van der Waals surface area contributed by atoms with E-state index < -0.39 is 11.7 Å². The highest BCUT2D eigenvalue weighted by molar-refractivity contribution is 7.99. The zero-order valence-corrected chi connectivity index (χ0v) is 11.8. The largest absolute Gasteiger partial charge is 0.488 e. The summed E-state index contributed by atoms with van der Waals surface area (Å²) >= 11 is 0.493. The molecule has 0 heterocycles. The molecule has 3 nitrogen and oxygen atoms in total. The van der Waals surface area contributed by atoms with Crippen LogP contribution in [0.3, 0.4) is 0 Å². The minimum atomic E-state index is -2.44. The maximum Gasteiger partial charge on any atom is 0.288 e. The van der Waals surface area contributed by atoms with E-state index >= 15 is 0 Å². The lowest BCUT2D eigenvalue weighted by molar-refractivity contribution is 0.0996. The van der Waals surface area contributed by atoms with E-state index in [4.69, 9.17) is 10.5 Å². The Hall–Kier alpha value is -2.08. The molecule has 0 saturated carbocycles. The topological polar surface area (TPSA) is 52.3 Å². The first kappa shape index (κ1) is 15.3. The number of hydrogen-bond donors (Lipinski definition) is 1. The number of ether oxygens (including phenoxy) is 1. The lowest BCUT2D eigenvalue weighted by Crippen LogP contribution is -2.12. The number of rotatable bonds is 6. The fraction of sp³-hybridized carbons (Fsp3) is 0.133.